The molecule has 0 saturated heterocycles. The number of pyridine rings is 1. The van der Waals surface area contributed by atoms with E-state index in [2.05, 4.69) is 34.8 Å². The molecule has 0 unspecified atom stereocenters. The Balaban J connectivity index is 3.12. The van der Waals surface area contributed by atoms with Crippen LogP contribution in [0.15, 0.2) is 16.9 Å². The van der Waals surface area contributed by atoms with Crippen LogP contribution in [-0.2, 0) is 0 Å². The summed E-state index contributed by atoms with van der Waals surface area (Å²) in [4.78, 5) is 4.08. The van der Waals surface area contributed by atoms with Crippen molar-refractivity contribution in [3.63, 3.8) is 0 Å². The van der Waals surface area contributed by atoms with E-state index in [-0.39, 0.29) is 0 Å². The first-order valence-corrected chi connectivity index (χ1v) is 4.64. The van der Waals surface area contributed by atoms with Gasteiger partial charge >= 0.3 is 0 Å². The molecule has 0 aromatic carbocycles. The lowest BCUT2D eigenvalue weighted by Gasteiger charge is -2.10. The number of ether oxygens (including phenoxy) is 1. The molecule has 0 N–H and O–H groups in total. The van der Waals surface area contributed by atoms with Gasteiger partial charge in [-0.2, -0.15) is 0 Å². The molecule has 0 fully saturated rings. The van der Waals surface area contributed by atoms with Gasteiger partial charge < -0.3 is 4.74 Å². The summed E-state index contributed by atoms with van der Waals surface area (Å²) in [6.45, 7) is 4.26. The van der Waals surface area contributed by atoms with Crippen molar-refractivity contribution < 1.29 is 4.74 Å². The minimum Gasteiger partial charge on any atom is -0.495 e. The van der Waals surface area contributed by atoms with Crippen molar-refractivity contribution in [3.8, 4) is 5.75 Å². The fourth-order valence-electron chi connectivity index (χ4n) is 1.05. The molecule has 0 aliphatic carbocycles. The highest BCUT2D eigenvalue weighted by Gasteiger charge is 2.07. The topological polar surface area (TPSA) is 22.1 Å². The Morgan fingerprint density at radius 3 is 2.67 bits per heavy atom. The Morgan fingerprint density at radius 1 is 1.50 bits per heavy atom. The normalized spacial score (nSPS) is 10.4. The SMILES string of the molecule is COc1cnc(Br)cc1C(C)C. The van der Waals surface area contributed by atoms with Crippen LogP contribution in [-0.4, -0.2) is 12.1 Å². The van der Waals surface area contributed by atoms with Gasteiger partial charge in [-0.1, -0.05) is 13.8 Å². The lowest BCUT2D eigenvalue weighted by Crippen LogP contribution is -1.95. The maximum absolute atomic E-state index is 5.18. The van der Waals surface area contributed by atoms with Crippen LogP contribution in [0.5, 0.6) is 5.75 Å². The molecule has 0 spiro atoms. The molecule has 0 saturated carbocycles. The second-order valence-corrected chi connectivity index (χ2v) is 3.72. The summed E-state index contributed by atoms with van der Waals surface area (Å²) in [5.41, 5.74) is 1.18. The third kappa shape index (κ3) is 1.97. The molecule has 0 radical (unpaired) electrons. The van der Waals surface area contributed by atoms with Crippen LogP contribution in [0, 0.1) is 0 Å². The van der Waals surface area contributed by atoms with Gasteiger partial charge in [-0.05, 0) is 27.9 Å². The average molecular weight is 230 g/mol. The van der Waals surface area contributed by atoms with Gasteiger partial charge in [0.25, 0.3) is 0 Å². The summed E-state index contributed by atoms with van der Waals surface area (Å²) in [5, 5.41) is 0. The fraction of sp³-hybridized carbons (Fsp3) is 0.444. The van der Waals surface area contributed by atoms with Crippen LogP contribution in [0.25, 0.3) is 0 Å². The molecule has 66 valence electrons. The minimum absolute atomic E-state index is 0.458. The molecule has 12 heavy (non-hydrogen) atoms. The number of hydrogen-bond acceptors (Lipinski definition) is 2. The number of nitrogens with zero attached hydrogens (tertiary/aromatic N) is 1. The molecule has 1 aromatic heterocycles. The Kier molecular flexibility index (Phi) is 3.09. The van der Waals surface area contributed by atoms with E-state index in [9.17, 15) is 0 Å². The maximum atomic E-state index is 5.18. The molecule has 1 aromatic rings. The standard InChI is InChI=1S/C9H12BrNO/c1-6(2)7-4-9(10)11-5-8(7)12-3/h4-6H,1-3H3. The van der Waals surface area contributed by atoms with Gasteiger partial charge in [-0.3, -0.25) is 0 Å². The quantitative estimate of drug-likeness (QED) is 0.728. The highest BCUT2D eigenvalue weighted by molar-refractivity contribution is 9.10. The van der Waals surface area contributed by atoms with E-state index < -0.39 is 0 Å². The molecule has 0 atom stereocenters. The van der Waals surface area contributed by atoms with Crippen LogP contribution in [0.3, 0.4) is 0 Å². The number of methoxy groups -OCH3 is 1. The molecule has 1 rings (SSSR count). The predicted octanol–water partition coefficient (Wildman–Crippen LogP) is 2.98. The van der Waals surface area contributed by atoms with Crippen LogP contribution >= 0.6 is 15.9 Å². The minimum atomic E-state index is 0.458. The number of hydrogen-bond donors (Lipinski definition) is 0. The summed E-state index contributed by atoms with van der Waals surface area (Å²) < 4.78 is 6.03. The van der Waals surface area contributed by atoms with E-state index in [1.165, 1.54) is 5.56 Å². The predicted molar refractivity (Wildman–Crippen MR) is 52.6 cm³/mol. The number of aromatic nitrogens is 1. The highest BCUT2D eigenvalue weighted by Crippen LogP contribution is 2.27. The summed E-state index contributed by atoms with van der Waals surface area (Å²) in [6, 6.07) is 1.99. The lowest BCUT2D eigenvalue weighted by atomic mass is 10.0. The van der Waals surface area contributed by atoms with Crippen molar-refractivity contribution in [2.45, 2.75) is 19.8 Å². The van der Waals surface area contributed by atoms with Crippen LogP contribution in [0.2, 0.25) is 0 Å². The monoisotopic (exact) mass is 229 g/mol. The Morgan fingerprint density at radius 2 is 2.17 bits per heavy atom. The van der Waals surface area contributed by atoms with Crippen molar-refractivity contribution >= 4 is 15.9 Å². The van der Waals surface area contributed by atoms with Gasteiger partial charge in [0.2, 0.25) is 0 Å². The van der Waals surface area contributed by atoms with E-state index in [4.69, 9.17) is 4.74 Å². The van der Waals surface area contributed by atoms with E-state index in [1.54, 1.807) is 13.3 Å². The average Bonchev–Trinajstić information content (AvgIpc) is 2.04. The Labute approximate surface area is 81.1 Å². The Hall–Kier alpha value is -0.570. The van der Waals surface area contributed by atoms with Gasteiger partial charge in [0, 0.05) is 5.56 Å². The van der Waals surface area contributed by atoms with Gasteiger partial charge in [-0.15, -0.1) is 0 Å². The van der Waals surface area contributed by atoms with Crippen molar-refractivity contribution in [3.05, 3.63) is 22.4 Å². The van der Waals surface area contributed by atoms with Crippen molar-refractivity contribution in [1.82, 2.24) is 4.98 Å². The van der Waals surface area contributed by atoms with Gasteiger partial charge in [0.1, 0.15) is 10.4 Å². The van der Waals surface area contributed by atoms with E-state index in [0.717, 1.165) is 10.4 Å². The van der Waals surface area contributed by atoms with Crippen LogP contribution < -0.4 is 4.74 Å². The van der Waals surface area contributed by atoms with E-state index >= 15 is 0 Å². The lowest BCUT2D eigenvalue weighted by molar-refractivity contribution is 0.405. The van der Waals surface area contributed by atoms with E-state index in [0.29, 0.717) is 5.92 Å². The molecule has 0 aliphatic rings. The van der Waals surface area contributed by atoms with Crippen molar-refractivity contribution in [2.24, 2.45) is 0 Å². The molecule has 0 aliphatic heterocycles. The zero-order valence-corrected chi connectivity index (χ0v) is 9.05. The Bertz CT molecular complexity index is 273. The van der Waals surface area contributed by atoms with Crippen molar-refractivity contribution in [2.75, 3.05) is 7.11 Å². The zero-order chi connectivity index (χ0) is 9.14. The van der Waals surface area contributed by atoms with Gasteiger partial charge in [-0.25, -0.2) is 4.98 Å². The summed E-state index contributed by atoms with van der Waals surface area (Å²) in [5.74, 6) is 1.31. The largest absolute Gasteiger partial charge is 0.495 e. The molecule has 0 amide bonds. The van der Waals surface area contributed by atoms with Gasteiger partial charge in [0.15, 0.2) is 0 Å². The molecule has 3 heteroatoms. The third-order valence-electron chi connectivity index (χ3n) is 1.71. The van der Waals surface area contributed by atoms with Crippen LogP contribution in [0.4, 0.5) is 0 Å². The molecule has 1 heterocycles. The summed E-state index contributed by atoms with van der Waals surface area (Å²) in [6.07, 6.45) is 1.74. The fourth-order valence-corrected chi connectivity index (χ4v) is 1.40. The second kappa shape index (κ2) is 3.90. The van der Waals surface area contributed by atoms with Crippen LogP contribution in [0.1, 0.15) is 25.3 Å². The number of halogens is 1. The molecular weight excluding hydrogens is 218 g/mol. The second-order valence-electron chi connectivity index (χ2n) is 2.90. The van der Waals surface area contributed by atoms with Gasteiger partial charge in [0.05, 0.1) is 13.3 Å². The first-order valence-electron chi connectivity index (χ1n) is 3.84. The highest BCUT2D eigenvalue weighted by atomic mass is 79.9. The smallest absolute Gasteiger partial charge is 0.140 e. The molecular formula is C9H12BrNO. The van der Waals surface area contributed by atoms with Crippen molar-refractivity contribution in [1.29, 1.82) is 0 Å². The molecule has 0 bridgehead atoms. The first-order chi connectivity index (χ1) is 5.65. The number of rotatable bonds is 2. The molecule has 2 nitrogen and oxygen atoms in total. The first kappa shape index (κ1) is 9.52. The zero-order valence-electron chi connectivity index (χ0n) is 7.47. The summed E-state index contributed by atoms with van der Waals surface area (Å²) >= 11 is 3.33. The summed E-state index contributed by atoms with van der Waals surface area (Å²) in [7, 11) is 1.66. The third-order valence-corrected chi connectivity index (χ3v) is 2.14. The maximum Gasteiger partial charge on any atom is 0.140 e. The van der Waals surface area contributed by atoms with E-state index in [1.807, 2.05) is 6.07 Å².